The maximum absolute atomic E-state index is 13.6. The number of benzene rings is 2. The van der Waals surface area contributed by atoms with E-state index in [0.29, 0.717) is 17.0 Å². The Labute approximate surface area is 213 Å². The maximum Gasteiger partial charge on any atom is 0.420 e. The van der Waals surface area contributed by atoms with Crippen LogP contribution >= 0.6 is 0 Å². The van der Waals surface area contributed by atoms with Gasteiger partial charge in [0.05, 0.1) is 12.0 Å². The molecule has 2 aromatic carbocycles. The van der Waals surface area contributed by atoms with Gasteiger partial charge in [-0.15, -0.1) is 0 Å². The summed E-state index contributed by atoms with van der Waals surface area (Å²) >= 11 is 0. The topological polar surface area (TPSA) is 90.3 Å². The molecule has 0 aliphatic heterocycles. The molecule has 4 rings (SSSR count). The molecule has 1 aliphatic carbocycles. The number of hydrogen-bond donors (Lipinski definition) is 1. The van der Waals surface area contributed by atoms with Gasteiger partial charge < -0.3 is 9.30 Å². The van der Waals surface area contributed by atoms with Gasteiger partial charge in [-0.05, 0) is 54.0 Å². The van der Waals surface area contributed by atoms with Gasteiger partial charge in [-0.1, -0.05) is 44.2 Å². The summed E-state index contributed by atoms with van der Waals surface area (Å²) in [6.07, 6.45) is -1.78. The monoisotopic (exact) mass is 535 g/mol. The Bertz CT molecular complexity index is 1390. The van der Waals surface area contributed by atoms with E-state index in [1.165, 1.54) is 23.0 Å². The number of sulfonamides is 1. The molecule has 0 bridgehead atoms. The van der Waals surface area contributed by atoms with Crippen LogP contribution in [-0.2, 0) is 33.1 Å². The van der Waals surface area contributed by atoms with Crippen molar-refractivity contribution in [1.29, 1.82) is 0 Å². The third-order valence-electron chi connectivity index (χ3n) is 6.43. The van der Waals surface area contributed by atoms with Crippen molar-refractivity contribution in [2.45, 2.75) is 56.1 Å². The molecule has 1 aliphatic rings. The number of hydrogen-bond acceptors (Lipinski definition) is 5. The summed E-state index contributed by atoms with van der Waals surface area (Å²) in [5, 5.41) is 0. The lowest BCUT2D eigenvalue weighted by atomic mass is 9.97. The molecule has 0 atom stereocenters. The average Bonchev–Trinajstić information content (AvgIpc) is 3.52. The number of halogens is 3. The molecule has 11 heteroatoms. The normalized spacial score (nSPS) is 15.0. The first-order chi connectivity index (χ1) is 17.4. The summed E-state index contributed by atoms with van der Waals surface area (Å²) in [4.78, 5) is 15.6. The highest BCUT2D eigenvalue weighted by Gasteiger charge is 2.66. The number of carbonyl (C=O) groups is 1. The van der Waals surface area contributed by atoms with Crippen molar-refractivity contribution in [3.05, 3.63) is 71.8 Å². The minimum atomic E-state index is -4.36. The Balaban J connectivity index is 1.66. The molecule has 1 aromatic heterocycles. The second-order valence-electron chi connectivity index (χ2n) is 9.68. The van der Waals surface area contributed by atoms with E-state index in [9.17, 15) is 26.4 Å². The maximum atomic E-state index is 13.6. The SMILES string of the molecule is COC(=O)NS(=O)(=O)c1ccc(CC(C)C)cc1-c1ccc(Cn2ccnc2C2(C(F)(F)F)CC2)cc1. The average molecular weight is 536 g/mol. The third-order valence-corrected chi connectivity index (χ3v) is 7.80. The van der Waals surface area contributed by atoms with Crippen molar-refractivity contribution < 1.29 is 31.1 Å². The number of amides is 1. The lowest BCUT2D eigenvalue weighted by Crippen LogP contribution is -2.32. The van der Waals surface area contributed by atoms with Crippen LogP contribution in [0.2, 0.25) is 0 Å². The summed E-state index contributed by atoms with van der Waals surface area (Å²) in [7, 11) is -3.15. The zero-order valence-electron chi connectivity index (χ0n) is 20.7. The van der Waals surface area contributed by atoms with Crippen molar-refractivity contribution in [3.63, 3.8) is 0 Å². The predicted octanol–water partition coefficient (Wildman–Crippen LogP) is 5.44. The Kier molecular flexibility index (Phi) is 7.11. The molecule has 7 nitrogen and oxygen atoms in total. The molecule has 0 unspecified atom stereocenters. The van der Waals surface area contributed by atoms with Gasteiger partial charge in [-0.3, -0.25) is 0 Å². The fourth-order valence-electron chi connectivity index (χ4n) is 4.44. The van der Waals surface area contributed by atoms with Gasteiger partial charge in [0.1, 0.15) is 11.2 Å². The molecule has 0 saturated heterocycles. The van der Waals surface area contributed by atoms with Gasteiger partial charge >= 0.3 is 12.3 Å². The van der Waals surface area contributed by atoms with E-state index in [2.05, 4.69) is 9.72 Å². The van der Waals surface area contributed by atoms with Gasteiger partial charge in [0.25, 0.3) is 10.0 Å². The Morgan fingerprint density at radius 2 is 1.78 bits per heavy atom. The first-order valence-corrected chi connectivity index (χ1v) is 13.3. The minimum Gasteiger partial charge on any atom is -0.452 e. The first-order valence-electron chi connectivity index (χ1n) is 11.8. The number of alkyl halides is 3. The van der Waals surface area contributed by atoms with Crippen LogP contribution in [0.5, 0.6) is 0 Å². The van der Waals surface area contributed by atoms with Crippen LogP contribution in [0.3, 0.4) is 0 Å². The predicted molar refractivity (Wildman–Crippen MR) is 131 cm³/mol. The van der Waals surface area contributed by atoms with Crippen LogP contribution < -0.4 is 4.72 Å². The molecule has 1 fully saturated rings. The fraction of sp³-hybridized carbons (Fsp3) is 0.385. The van der Waals surface area contributed by atoms with Gasteiger partial charge in [0.15, 0.2) is 0 Å². The number of rotatable bonds is 8. The van der Waals surface area contributed by atoms with Crippen LogP contribution in [0.1, 0.15) is 43.6 Å². The molecule has 3 aromatic rings. The highest BCUT2D eigenvalue weighted by Crippen LogP contribution is 2.58. The third kappa shape index (κ3) is 5.51. The molecule has 0 radical (unpaired) electrons. The minimum absolute atomic E-state index is 0.00716. The Morgan fingerprint density at radius 1 is 1.14 bits per heavy atom. The van der Waals surface area contributed by atoms with Crippen molar-refractivity contribution in [3.8, 4) is 11.1 Å². The molecule has 0 spiro atoms. The van der Waals surface area contributed by atoms with Crippen LogP contribution in [-0.4, -0.2) is 37.3 Å². The van der Waals surface area contributed by atoms with Crippen molar-refractivity contribution in [2.24, 2.45) is 5.92 Å². The van der Waals surface area contributed by atoms with Crippen molar-refractivity contribution in [1.82, 2.24) is 14.3 Å². The molecule has 1 N–H and O–H groups in total. The quantitative estimate of drug-likeness (QED) is 0.415. The zero-order valence-corrected chi connectivity index (χ0v) is 21.5. The van der Waals surface area contributed by atoms with Crippen molar-refractivity contribution in [2.75, 3.05) is 7.11 Å². The fourth-order valence-corrected chi connectivity index (χ4v) is 5.57. The van der Waals surface area contributed by atoms with E-state index in [1.54, 1.807) is 36.4 Å². The van der Waals surface area contributed by atoms with E-state index in [-0.39, 0.29) is 30.1 Å². The molecular formula is C26H28F3N3O4S. The summed E-state index contributed by atoms with van der Waals surface area (Å²) in [5.41, 5.74) is 0.758. The largest absolute Gasteiger partial charge is 0.452 e. The van der Waals surface area contributed by atoms with Crippen LogP contribution in [0, 0.1) is 5.92 Å². The summed E-state index contributed by atoms with van der Waals surface area (Å²) < 4.78 is 74.6. The summed E-state index contributed by atoms with van der Waals surface area (Å²) in [6.45, 7) is 4.29. The van der Waals surface area contributed by atoms with Crippen LogP contribution in [0.25, 0.3) is 11.1 Å². The van der Waals surface area contributed by atoms with Gasteiger partial charge in [0, 0.05) is 24.5 Å². The number of methoxy groups -OCH3 is 1. The smallest absolute Gasteiger partial charge is 0.420 e. The second-order valence-corrected chi connectivity index (χ2v) is 11.3. The highest BCUT2D eigenvalue weighted by molar-refractivity contribution is 7.90. The van der Waals surface area contributed by atoms with Gasteiger partial charge in [-0.25, -0.2) is 22.9 Å². The van der Waals surface area contributed by atoms with Gasteiger partial charge in [0.2, 0.25) is 0 Å². The first kappa shape index (κ1) is 26.7. The molecule has 37 heavy (non-hydrogen) atoms. The second kappa shape index (κ2) is 9.85. The molecule has 198 valence electrons. The zero-order chi connectivity index (χ0) is 27.0. The number of carbonyl (C=O) groups excluding carboxylic acids is 1. The van der Waals surface area contributed by atoms with E-state index < -0.39 is 27.7 Å². The number of imidazole rings is 1. The molecule has 1 amide bonds. The Morgan fingerprint density at radius 3 is 2.35 bits per heavy atom. The lowest BCUT2D eigenvalue weighted by molar-refractivity contribution is -0.163. The molecule has 1 heterocycles. The molecule has 1 saturated carbocycles. The number of nitrogens with zero attached hydrogens (tertiary/aromatic N) is 2. The van der Waals surface area contributed by atoms with E-state index in [0.717, 1.165) is 24.7 Å². The Hall–Kier alpha value is -3.34. The standard InChI is InChI=1S/C26H28F3N3O4S/c1-17(2)14-19-6-9-22(37(34,35)31-24(33)36-3)21(15-19)20-7-4-18(5-8-20)16-32-13-12-30-23(32)25(10-11-25)26(27,28)29/h4-9,12-13,15,17H,10-11,14,16H2,1-3H3,(H,31,33). The summed E-state index contributed by atoms with van der Waals surface area (Å²) in [6, 6.07) is 11.9. The van der Waals surface area contributed by atoms with E-state index in [4.69, 9.17) is 0 Å². The van der Waals surface area contributed by atoms with Crippen molar-refractivity contribution >= 4 is 16.1 Å². The van der Waals surface area contributed by atoms with Gasteiger partial charge in [-0.2, -0.15) is 13.2 Å². The highest BCUT2D eigenvalue weighted by atomic mass is 32.2. The van der Waals surface area contributed by atoms with E-state index >= 15 is 0 Å². The number of nitrogens with one attached hydrogen (secondary N) is 1. The summed E-state index contributed by atoms with van der Waals surface area (Å²) in [5.74, 6) is 0.342. The lowest BCUT2D eigenvalue weighted by Gasteiger charge is -2.20. The molecular weight excluding hydrogens is 507 g/mol. The number of ether oxygens (including phenoxy) is 1. The van der Waals surface area contributed by atoms with Crippen LogP contribution in [0.4, 0.5) is 18.0 Å². The number of aromatic nitrogens is 2. The van der Waals surface area contributed by atoms with E-state index in [1.807, 2.05) is 18.6 Å². The van der Waals surface area contributed by atoms with Crippen LogP contribution in [0.15, 0.2) is 59.8 Å².